The van der Waals surface area contributed by atoms with Crippen LogP contribution in [0, 0.1) is 0 Å². The molecule has 0 unspecified atom stereocenters. The minimum Gasteiger partial charge on any atom is -0.471 e. The third-order valence-electron chi connectivity index (χ3n) is 5.43. The number of nitrogens with zero attached hydrogens (tertiary/aromatic N) is 4. The molecular formula is C17H24ClN5O3. The molecular weight excluding hydrogens is 358 g/mol. The van der Waals surface area contributed by atoms with E-state index in [0.717, 1.165) is 38.8 Å². The van der Waals surface area contributed by atoms with E-state index in [1.54, 1.807) is 4.57 Å². The summed E-state index contributed by atoms with van der Waals surface area (Å²) >= 11 is 6.14. The summed E-state index contributed by atoms with van der Waals surface area (Å²) in [6.45, 7) is 4.31. The van der Waals surface area contributed by atoms with Gasteiger partial charge < -0.3 is 9.47 Å². The van der Waals surface area contributed by atoms with E-state index in [0.29, 0.717) is 29.7 Å². The maximum atomic E-state index is 12.6. The molecule has 2 saturated heterocycles. The van der Waals surface area contributed by atoms with Gasteiger partial charge in [0.1, 0.15) is 11.6 Å². The first-order valence-electron chi connectivity index (χ1n) is 9.17. The molecule has 142 valence electrons. The maximum Gasteiger partial charge on any atom is 0.328 e. The number of imidazole rings is 1. The second-order valence-electron chi connectivity index (χ2n) is 7.18. The van der Waals surface area contributed by atoms with E-state index in [9.17, 15) is 4.79 Å². The summed E-state index contributed by atoms with van der Waals surface area (Å²) in [4.78, 5) is 26.2. The maximum absolute atomic E-state index is 12.6. The van der Waals surface area contributed by atoms with Crippen LogP contribution in [-0.4, -0.2) is 63.4 Å². The average molecular weight is 382 g/mol. The number of likely N-dealkylation sites (N-methyl/N-ethyl adjacent to an activating group) is 1. The van der Waals surface area contributed by atoms with Crippen molar-refractivity contribution >= 4 is 22.8 Å². The first kappa shape index (κ1) is 17.8. The molecule has 0 saturated carbocycles. The Balaban J connectivity index is 1.70. The Kier molecular flexibility index (Phi) is 4.90. The molecule has 0 radical (unpaired) electrons. The smallest absolute Gasteiger partial charge is 0.328 e. The SMILES string of the molecule is C[C@H](Oc1nc(Cl)nc2c1[nH]c(=O)n2[C@@H]1CCCOC1)[C@@H]1CCCN1C. The van der Waals surface area contributed by atoms with Gasteiger partial charge in [-0.2, -0.15) is 9.97 Å². The second kappa shape index (κ2) is 7.17. The minimum atomic E-state index is -0.234. The molecule has 2 aromatic heterocycles. The fourth-order valence-corrected chi connectivity index (χ4v) is 4.24. The zero-order valence-corrected chi connectivity index (χ0v) is 15.8. The van der Waals surface area contributed by atoms with E-state index in [-0.39, 0.29) is 23.1 Å². The van der Waals surface area contributed by atoms with E-state index in [4.69, 9.17) is 21.1 Å². The van der Waals surface area contributed by atoms with E-state index >= 15 is 0 Å². The van der Waals surface area contributed by atoms with Crippen LogP contribution in [0.5, 0.6) is 5.88 Å². The highest BCUT2D eigenvalue weighted by atomic mass is 35.5. The Labute approximate surface area is 156 Å². The monoisotopic (exact) mass is 381 g/mol. The summed E-state index contributed by atoms with van der Waals surface area (Å²) < 4.78 is 13.3. The lowest BCUT2D eigenvalue weighted by Crippen LogP contribution is -2.38. The third-order valence-corrected chi connectivity index (χ3v) is 5.60. The predicted octanol–water partition coefficient (Wildman–Crippen LogP) is 1.99. The van der Waals surface area contributed by atoms with Gasteiger partial charge in [0.2, 0.25) is 11.2 Å². The number of fused-ring (bicyclic) bond motifs is 1. The molecule has 0 spiro atoms. The number of hydrogen-bond donors (Lipinski definition) is 1. The Bertz CT molecular complexity index is 845. The van der Waals surface area contributed by atoms with Crippen molar-refractivity contribution in [3.8, 4) is 5.88 Å². The van der Waals surface area contributed by atoms with E-state index < -0.39 is 0 Å². The van der Waals surface area contributed by atoms with Gasteiger partial charge in [-0.15, -0.1) is 0 Å². The Hall–Kier alpha value is -1.64. The third kappa shape index (κ3) is 3.21. The molecule has 0 amide bonds. The van der Waals surface area contributed by atoms with Crippen LogP contribution >= 0.6 is 11.6 Å². The van der Waals surface area contributed by atoms with Gasteiger partial charge in [0.25, 0.3) is 0 Å². The summed E-state index contributed by atoms with van der Waals surface area (Å²) in [5.41, 5.74) is 0.743. The number of nitrogens with one attached hydrogen (secondary N) is 1. The van der Waals surface area contributed by atoms with Gasteiger partial charge in [0.05, 0.1) is 12.6 Å². The molecule has 26 heavy (non-hydrogen) atoms. The van der Waals surface area contributed by atoms with Gasteiger partial charge in [0, 0.05) is 12.6 Å². The van der Waals surface area contributed by atoms with Crippen molar-refractivity contribution in [2.45, 2.75) is 50.8 Å². The number of ether oxygens (including phenoxy) is 2. The lowest BCUT2D eigenvalue weighted by Gasteiger charge is -2.26. The molecule has 0 aliphatic carbocycles. The number of hydrogen-bond acceptors (Lipinski definition) is 6. The van der Waals surface area contributed by atoms with E-state index in [1.165, 1.54) is 0 Å². The van der Waals surface area contributed by atoms with Crippen molar-refractivity contribution in [3.63, 3.8) is 0 Å². The highest BCUT2D eigenvalue weighted by Gasteiger charge is 2.30. The number of H-pyrrole nitrogens is 1. The minimum absolute atomic E-state index is 0.0535. The molecule has 8 nitrogen and oxygen atoms in total. The summed E-state index contributed by atoms with van der Waals surface area (Å²) in [5.74, 6) is 0.334. The van der Waals surface area contributed by atoms with Crippen LogP contribution in [-0.2, 0) is 4.74 Å². The van der Waals surface area contributed by atoms with E-state index in [2.05, 4.69) is 26.9 Å². The quantitative estimate of drug-likeness (QED) is 0.815. The van der Waals surface area contributed by atoms with Crippen molar-refractivity contribution in [1.29, 1.82) is 0 Å². The first-order chi connectivity index (χ1) is 12.5. The zero-order chi connectivity index (χ0) is 18.3. The average Bonchev–Trinajstić information content (AvgIpc) is 3.18. The molecule has 4 heterocycles. The Morgan fingerprint density at radius 1 is 1.35 bits per heavy atom. The molecule has 3 atom stereocenters. The molecule has 0 aromatic carbocycles. The summed E-state index contributed by atoms with van der Waals surface area (Å²) in [6.07, 6.45) is 3.95. The van der Waals surface area contributed by atoms with Crippen molar-refractivity contribution in [1.82, 2.24) is 24.4 Å². The van der Waals surface area contributed by atoms with Gasteiger partial charge in [-0.3, -0.25) is 14.5 Å². The highest BCUT2D eigenvalue weighted by Crippen LogP contribution is 2.28. The number of halogens is 1. The van der Waals surface area contributed by atoms with Gasteiger partial charge >= 0.3 is 5.69 Å². The highest BCUT2D eigenvalue weighted by molar-refractivity contribution is 6.28. The number of likely N-dealkylation sites (tertiary alicyclic amines) is 1. The Morgan fingerprint density at radius 3 is 2.88 bits per heavy atom. The standard InChI is InChI=1S/C17H24ClN5O3/c1-10(12-6-3-7-22(12)2)26-15-13-14(20-16(18)21-15)23(17(24)19-13)11-5-4-8-25-9-11/h10-12H,3-9H2,1-2H3,(H,19,24)/t10-,11+,12-/m0/s1. The molecule has 2 aliphatic rings. The zero-order valence-electron chi connectivity index (χ0n) is 15.1. The van der Waals surface area contributed by atoms with Crippen LogP contribution < -0.4 is 10.4 Å². The summed E-state index contributed by atoms with van der Waals surface area (Å²) in [5, 5.41) is 0.0731. The Morgan fingerprint density at radius 2 is 2.19 bits per heavy atom. The molecule has 2 fully saturated rings. The van der Waals surface area contributed by atoms with Crippen molar-refractivity contribution in [2.75, 3.05) is 26.8 Å². The van der Waals surface area contributed by atoms with E-state index in [1.807, 2.05) is 6.92 Å². The van der Waals surface area contributed by atoms with Crippen molar-refractivity contribution in [3.05, 3.63) is 15.8 Å². The first-order valence-corrected chi connectivity index (χ1v) is 9.55. The molecule has 1 N–H and O–H groups in total. The van der Waals surface area contributed by atoms with Gasteiger partial charge in [-0.25, -0.2) is 4.79 Å². The number of aromatic amines is 1. The fourth-order valence-electron chi connectivity index (χ4n) is 4.09. The summed E-state index contributed by atoms with van der Waals surface area (Å²) in [7, 11) is 2.10. The molecule has 2 aliphatic heterocycles. The molecule has 9 heteroatoms. The number of aromatic nitrogens is 4. The van der Waals surface area contributed by atoms with Crippen molar-refractivity contribution < 1.29 is 9.47 Å². The normalized spacial score (nSPS) is 25.7. The van der Waals surface area contributed by atoms with Crippen LogP contribution in [0.3, 0.4) is 0 Å². The van der Waals surface area contributed by atoms with Crippen LogP contribution in [0.1, 0.15) is 38.6 Å². The molecule has 0 bridgehead atoms. The second-order valence-corrected chi connectivity index (χ2v) is 7.52. The predicted molar refractivity (Wildman–Crippen MR) is 98.0 cm³/mol. The topological polar surface area (TPSA) is 85.3 Å². The van der Waals surface area contributed by atoms with Gasteiger partial charge in [0.15, 0.2) is 5.65 Å². The van der Waals surface area contributed by atoms with Crippen LogP contribution in [0.25, 0.3) is 11.2 Å². The van der Waals surface area contributed by atoms with Crippen LogP contribution in [0.15, 0.2) is 4.79 Å². The van der Waals surface area contributed by atoms with Crippen LogP contribution in [0.4, 0.5) is 0 Å². The van der Waals surface area contributed by atoms with Crippen molar-refractivity contribution in [2.24, 2.45) is 0 Å². The largest absolute Gasteiger partial charge is 0.471 e. The molecule has 2 aromatic rings. The summed E-state index contributed by atoms with van der Waals surface area (Å²) in [6, 6.07) is 0.265. The number of rotatable bonds is 4. The lowest BCUT2D eigenvalue weighted by molar-refractivity contribution is 0.0593. The lowest BCUT2D eigenvalue weighted by atomic mass is 10.1. The molecule has 4 rings (SSSR count). The fraction of sp³-hybridized carbons (Fsp3) is 0.706. The van der Waals surface area contributed by atoms with Gasteiger partial charge in [-0.05, 0) is 57.8 Å². The van der Waals surface area contributed by atoms with Gasteiger partial charge in [-0.1, -0.05) is 0 Å². The van der Waals surface area contributed by atoms with Crippen LogP contribution in [0.2, 0.25) is 5.28 Å².